The van der Waals surface area contributed by atoms with Gasteiger partial charge < -0.3 is 14.4 Å². The van der Waals surface area contributed by atoms with Crippen molar-refractivity contribution < 1.29 is 31.6 Å². The molecule has 3 aromatic rings. The van der Waals surface area contributed by atoms with Gasteiger partial charge in [0.15, 0.2) is 15.6 Å². The third kappa shape index (κ3) is 3.60. The zero-order valence-electron chi connectivity index (χ0n) is 14.7. The Balaban J connectivity index is 2.27. The second kappa shape index (κ2) is 7.50. The van der Waals surface area contributed by atoms with Gasteiger partial charge in [-0.1, -0.05) is 22.8 Å². The number of sulfone groups is 1. The molecule has 0 aliphatic carbocycles. The summed E-state index contributed by atoms with van der Waals surface area (Å²) in [5.74, 6) is -1.95. The number of aliphatic hydroxyl groups is 1. The average Bonchev–Trinajstić information content (AvgIpc) is 3.06. The lowest BCUT2D eigenvalue weighted by Gasteiger charge is -2.09. The quantitative estimate of drug-likeness (QED) is 0.662. The van der Waals surface area contributed by atoms with Crippen LogP contribution in [0.25, 0.3) is 22.4 Å². The van der Waals surface area contributed by atoms with E-state index in [9.17, 15) is 22.3 Å². The summed E-state index contributed by atoms with van der Waals surface area (Å²) in [6.45, 7) is -0.637. The van der Waals surface area contributed by atoms with Crippen LogP contribution in [0.15, 0.2) is 39.8 Å². The van der Waals surface area contributed by atoms with Crippen LogP contribution in [0.1, 0.15) is 5.76 Å². The van der Waals surface area contributed by atoms with E-state index in [1.54, 1.807) is 6.07 Å². The van der Waals surface area contributed by atoms with Gasteiger partial charge >= 0.3 is 0 Å². The number of aromatic nitrogens is 1. The van der Waals surface area contributed by atoms with Gasteiger partial charge in [-0.3, -0.25) is 0 Å². The number of hydrogen-bond donors (Lipinski definition) is 1. The van der Waals surface area contributed by atoms with E-state index in [0.29, 0.717) is 22.4 Å². The SMILES string of the molecule is COc1cc(-c2noc(CO)c2-c2cc(F)c(S(C)(=O)=O)cc2F)ccc1Cl. The van der Waals surface area contributed by atoms with Gasteiger partial charge in [0.05, 0.1) is 17.7 Å². The standard InChI is InChI=1S/C18H14ClF2NO5S/c1-26-14-5-9(3-4-11(14)19)18-17(15(8-23)27-22-18)10-6-13(21)16(7-12(10)20)28(2,24)25/h3-7,23H,8H2,1-2H3. The zero-order valence-corrected chi connectivity index (χ0v) is 16.2. The van der Waals surface area contributed by atoms with Crippen molar-refractivity contribution >= 4 is 21.4 Å². The second-order valence-corrected chi connectivity index (χ2v) is 8.26. The van der Waals surface area contributed by atoms with Crippen molar-refractivity contribution in [3.8, 4) is 28.1 Å². The lowest BCUT2D eigenvalue weighted by atomic mass is 9.98. The molecule has 0 saturated heterocycles. The fraction of sp³-hybridized carbons (Fsp3) is 0.167. The molecule has 6 nitrogen and oxygen atoms in total. The van der Waals surface area contributed by atoms with E-state index in [2.05, 4.69) is 5.16 Å². The van der Waals surface area contributed by atoms with Crippen LogP contribution in [0.3, 0.4) is 0 Å². The number of methoxy groups -OCH3 is 1. The number of ether oxygens (including phenoxy) is 1. The van der Waals surface area contributed by atoms with Crippen LogP contribution in [0.2, 0.25) is 5.02 Å². The highest BCUT2D eigenvalue weighted by Gasteiger charge is 2.25. The molecule has 0 saturated carbocycles. The molecular formula is C18H14ClF2NO5S. The van der Waals surface area contributed by atoms with Gasteiger partial charge in [-0.25, -0.2) is 17.2 Å². The van der Waals surface area contributed by atoms with E-state index < -0.39 is 33.0 Å². The minimum absolute atomic E-state index is 0.0108. The van der Waals surface area contributed by atoms with Crippen molar-refractivity contribution in [2.75, 3.05) is 13.4 Å². The molecule has 0 fully saturated rings. The van der Waals surface area contributed by atoms with Crippen molar-refractivity contribution in [2.45, 2.75) is 11.5 Å². The summed E-state index contributed by atoms with van der Waals surface area (Å²) < 4.78 is 62.5. The first-order valence-electron chi connectivity index (χ1n) is 7.80. The van der Waals surface area contributed by atoms with Gasteiger partial charge in [-0.05, 0) is 24.3 Å². The Kier molecular flexibility index (Phi) is 5.42. The second-order valence-electron chi connectivity index (χ2n) is 5.87. The summed E-state index contributed by atoms with van der Waals surface area (Å²) in [6.07, 6.45) is 0.772. The number of hydrogen-bond acceptors (Lipinski definition) is 6. The largest absolute Gasteiger partial charge is 0.495 e. The van der Waals surface area contributed by atoms with Crippen LogP contribution in [-0.4, -0.2) is 32.0 Å². The Hall–Kier alpha value is -2.49. The average molecular weight is 430 g/mol. The maximum atomic E-state index is 14.7. The molecule has 1 N–H and O–H groups in total. The molecule has 1 aromatic heterocycles. The lowest BCUT2D eigenvalue weighted by Crippen LogP contribution is -2.03. The summed E-state index contributed by atoms with van der Waals surface area (Å²) >= 11 is 6.00. The third-order valence-corrected chi connectivity index (χ3v) is 5.45. The molecule has 3 rings (SSSR count). The van der Waals surface area contributed by atoms with Crippen LogP contribution < -0.4 is 4.74 Å². The molecule has 0 radical (unpaired) electrons. The summed E-state index contributed by atoms with van der Waals surface area (Å²) in [6, 6.07) is 5.92. The maximum absolute atomic E-state index is 14.7. The first kappa shape index (κ1) is 20.2. The zero-order chi connectivity index (χ0) is 20.6. The van der Waals surface area contributed by atoms with E-state index in [1.165, 1.54) is 19.2 Å². The topological polar surface area (TPSA) is 89.6 Å². The molecule has 0 unspecified atom stereocenters. The molecular weight excluding hydrogens is 416 g/mol. The van der Waals surface area contributed by atoms with Gasteiger partial charge in [0.25, 0.3) is 0 Å². The highest BCUT2D eigenvalue weighted by atomic mass is 35.5. The van der Waals surface area contributed by atoms with E-state index >= 15 is 0 Å². The molecule has 0 aliphatic heterocycles. The molecule has 2 aromatic carbocycles. The molecule has 10 heteroatoms. The van der Waals surface area contributed by atoms with Crippen molar-refractivity contribution in [1.29, 1.82) is 0 Å². The molecule has 28 heavy (non-hydrogen) atoms. The van der Waals surface area contributed by atoms with Gasteiger partial charge in [0, 0.05) is 17.4 Å². The van der Waals surface area contributed by atoms with Crippen molar-refractivity contribution in [3.63, 3.8) is 0 Å². The molecule has 0 atom stereocenters. The molecule has 0 bridgehead atoms. The summed E-state index contributed by atoms with van der Waals surface area (Å²) in [4.78, 5) is -0.773. The van der Waals surface area contributed by atoms with Gasteiger partial charge in [-0.15, -0.1) is 0 Å². The van der Waals surface area contributed by atoms with Crippen LogP contribution in [-0.2, 0) is 16.4 Å². The number of benzene rings is 2. The first-order valence-corrected chi connectivity index (χ1v) is 10.1. The van der Waals surface area contributed by atoms with Crippen LogP contribution >= 0.6 is 11.6 Å². The Morgan fingerprint density at radius 2 is 1.93 bits per heavy atom. The molecule has 0 amide bonds. The van der Waals surface area contributed by atoms with Crippen LogP contribution in [0.4, 0.5) is 8.78 Å². The predicted molar refractivity (Wildman–Crippen MR) is 97.9 cm³/mol. The minimum Gasteiger partial charge on any atom is -0.495 e. The monoisotopic (exact) mass is 429 g/mol. The molecule has 148 valence electrons. The molecule has 0 spiro atoms. The Morgan fingerprint density at radius 3 is 2.54 bits per heavy atom. The van der Waals surface area contributed by atoms with Crippen molar-refractivity contribution in [1.82, 2.24) is 5.16 Å². The number of rotatable bonds is 5. The first-order chi connectivity index (χ1) is 13.2. The number of nitrogens with zero attached hydrogens (tertiary/aromatic N) is 1. The number of halogens is 3. The van der Waals surface area contributed by atoms with Crippen LogP contribution in [0, 0.1) is 11.6 Å². The van der Waals surface area contributed by atoms with Gasteiger partial charge in [0.2, 0.25) is 0 Å². The molecule has 0 aliphatic rings. The minimum atomic E-state index is -3.97. The smallest absolute Gasteiger partial charge is 0.178 e. The summed E-state index contributed by atoms with van der Waals surface area (Å²) in [5, 5.41) is 13.7. The highest BCUT2D eigenvalue weighted by molar-refractivity contribution is 7.90. The fourth-order valence-corrected chi connectivity index (χ4v) is 3.64. The van der Waals surface area contributed by atoms with E-state index in [0.717, 1.165) is 12.3 Å². The predicted octanol–water partition coefficient (Wildman–Crippen LogP) is 3.84. The van der Waals surface area contributed by atoms with Gasteiger partial charge in [0.1, 0.15) is 34.6 Å². The van der Waals surface area contributed by atoms with E-state index in [1.807, 2.05) is 0 Å². The Morgan fingerprint density at radius 1 is 1.21 bits per heavy atom. The summed E-state index contributed by atoms with van der Waals surface area (Å²) in [5.41, 5.74) is 0.193. The van der Waals surface area contributed by atoms with Crippen molar-refractivity contribution in [2.24, 2.45) is 0 Å². The van der Waals surface area contributed by atoms with Crippen molar-refractivity contribution in [3.05, 3.63) is 52.7 Å². The lowest BCUT2D eigenvalue weighted by molar-refractivity contribution is 0.230. The highest BCUT2D eigenvalue weighted by Crippen LogP contribution is 2.39. The van der Waals surface area contributed by atoms with Crippen LogP contribution in [0.5, 0.6) is 5.75 Å². The molecule has 1 heterocycles. The third-order valence-electron chi connectivity index (χ3n) is 4.02. The van der Waals surface area contributed by atoms with Gasteiger partial charge in [-0.2, -0.15) is 0 Å². The van der Waals surface area contributed by atoms with E-state index in [-0.39, 0.29) is 22.6 Å². The Bertz CT molecular complexity index is 1160. The Labute approximate surface area is 164 Å². The maximum Gasteiger partial charge on any atom is 0.178 e. The normalized spacial score (nSPS) is 11.6. The van der Waals surface area contributed by atoms with E-state index in [4.69, 9.17) is 20.9 Å². The fourth-order valence-electron chi connectivity index (χ4n) is 2.72. The summed E-state index contributed by atoms with van der Waals surface area (Å²) in [7, 11) is -2.56. The number of aliphatic hydroxyl groups excluding tert-OH is 1.